The highest BCUT2D eigenvalue weighted by atomic mass is 35.5. The average Bonchev–Trinajstić information content (AvgIpc) is 3.58. The molecule has 13 heteroatoms. The number of anilines is 1. The van der Waals surface area contributed by atoms with Gasteiger partial charge in [0.2, 0.25) is 17.6 Å². The zero-order valence-corrected chi connectivity index (χ0v) is 25.3. The third-order valence-corrected chi connectivity index (χ3v) is 7.25. The summed E-state index contributed by atoms with van der Waals surface area (Å²) in [7, 11) is 1.79. The third kappa shape index (κ3) is 8.39. The molecule has 3 aromatic rings. The van der Waals surface area contributed by atoms with Crippen molar-refractivity contribution < 1.29 is 14.1 Å². The molecule has 1 aliphatic heterocycles. The zero-order chi connectivity index (χ0) is 26.5. The fourth-order valence-corrected chi connectivity index (χ4v) is 5.13. The standard InChI is InChI=1S/C26H35N7O3S.2ClH/c1-17(2)27-9-10-28-24(34)15-32(16-25(35)31(5)33-13-21-8-11-37-23(21)14-33)22-12-20(7-6-18(22)3)26-29-19(4)36-30-26;;/h6-8,11-12,17,27H,9-10,13-16H2,1-5H3,(H,28,34);2*1H. The fraction of sp³-hybridized carbons (Fsp3) is 0.462. The molecule has 1 aliphatic rings. The molecule has 10 nitrogen and oxygen atoms in total. The number of aromatic nitrogens is 2. The van der Waals surface area contributed by atoms with Gasteiger partial charge in [0.1, 0.15) is 0 Å². The molecule has 0 saturated heterocycles. The van der Waals surface area contributed by atoms with Gasteiger partial charge in [0.15, 0.2) is 0 Å². The molecule has 0 spiro atoms. The Balaban J connectivity index is 0.00000267. The Labute approximate surface area is 245 Å². The number of hydrazine groups is 1. The lowest BCUT2D eigenvalue weighted by Crippen LogP contribution is -2.48. The second-order valence-electron chi connectivity index (χ2n) is 9.56. The highest BCUT2D eigenvalue weighted by Gasteiger charge is 2.28. The van der Waals surface area contributed by atoms with Crippen molar-refractivity contribution in [2.75, 3.05) is 38.1 Å². The van der Waals surface area contributed by atoms with Crippen molar-refractivity contribution in [1.82, 2.24) is 30.8 Å². The van der Waals surface area contributed by atoms with Gasteiger partial charge in [0.05, 0.1) is 19.6 Å². The van der Waals surface area contributed by atoms with Crippen molar-refractivity contribution in [3.63, 3.8) is 0 Å². The Bertz CT molecular complexity index is 1230. The van der Waals surface area contributed by atoms with Gasteiger partial charge in [-0.05, 0) is 35.6 Å². The van der Waals surface area contributed by atoms with Crippen LogP contribution in [0.15, 0.2) is 34.2 Å². The summed E-state index contributed by atoms with van der Waals surface area (Å²) in [5.41, 5.74) is 3.73. The first kappa shape index (κ1) is 32.5. The topological polar surface area (TPSA) is 107 Å². The normalized spacial score (nSPS) is 12.5. The maximum absolute atomic E-state index is 13.4. The average molecular weight is 599 g/mol. The SMILES string of the molecule is Cc1nc(-c2ccc(C)c(N(CC(=O)NCCNC(C)C)CC(=O)N(C)N3Cc4ccsc4C3)c2)no1.Cl.Cl. The summed E-state index contributed by atoms with van der Waals surface area (Å²) < 4.78 is 5.15. The lowest BCUT2D eigenvalue weighted by molar-refractivity contribution is -0.145. The summed E-state index contributed by atoms with van der Waals surface area (Å²) in [6.45, 7) is 10.5. The number of nitrogens with zero attached hydrogens (tertiary/aromatic N) is 5. The maximum atomic E-state index is 13.4. The van der Waals surface area contributed by atoms with Crippen LogP contribution < -0.4 is 15.5 Å². The molecule has 0 fully saturated rings. The highest BCUT2D eigenvalue weighted by molar-refractivity contribution is 7.10. The number of thiophene rings is 1. The first-order valence-corrected chi connectivity index (χ1v) is 13.3. The van der Waals surface area contributed by atoms with Gasteiger partial charge in [-0.15, -0.1) is 36.2 Å². The molecule has 0 radical (unpaired) electrons. The number of carbonyl (C=O) groups is 2. The van der Waals surface area contributed by atoms with E-state index in [0.717, 1.165) is 16.8 Å². The van der Waals surface area contributed by atoms with Crippen LogP contribution in [0.1, 0.15) is 35.7 Å². The van der Waals surface area contributed by atoms with Crippen LogP contribution in [0.2, 0.25) is 0 Å². The fourth-order valence-electron chi connectivity index (χ4n) is 4.22. The van der Waals surface area contributed by atoms with Crippen molar-refractivity contribution in [3.8, 4) is 11.4 Å². The molecule has 2 aromatic heterocycles. The van der Waals surface area contributed by atoms with Gasteiger partial charge in [-0.25, -0.2) is 5.01 Å². The molecule has 4 rings (SSSR count). The molecule has 0 saturated carbocycles. The van der Waals surface area contributed by atoms with Gasteiger partial charge < -0.3 is 20.1 Å². The van der Waals surface area contributed by atoms with E-state index in [1.54, 1.807) is 30.3 Å². The number of halogens is 2. The van der Waals surface area contributed by atoms with Crippen LogP contribution in [0.25, 0.3) is 11.4 Å². The molecule has 2 amide bonds. The van der Waals surface area contributed by atoms with E-state index in [0.29, 0.717) is 43.9 Å². The van der Waals surface area contributed by atoms with Crippen molar-refractivity contribution in [2.45, 2.75) is 46.8 Å². The number of aryl methyl sites for hydroxylation is 2. The summed E-state index contributed by atoms with van der Waals surface area (Å²) in [4.78, 5) is 33.8. The minimum atomic E-state index is -0.149. The lowest BCUT2D eigenvalue weighted by atomic mass is 10.1. The van der Waals surface area contributed by atoms with E-state index in [4.69, 9.17) is 4.52 Å². The second kappa shape index (κ2) is 14.6. The van der Waals surface area contributed by atoms with Crippen LogP contribution in [0.3, 0.4) is 0 Å². The Hall–Kier alpha value is -2.70. The van der Waals surface area contributed by atoms with Crippen molar-refractivity contribution in [1.29, 1.82) is 0 Å². The summed E-state index contributed by atoms with van der Waals surface area (Å²) in [5.74, 6) is 0.697. The lowest BCUT2D eigenvalue weighted by Gasteiger charge is -2.32. The predicted molar refractivity (Wildman–Crippen MR) is 158 cm³/mol. The molecule has 214 valence electrons. The largest absolute Gasteiger partial charge is 0.353 e. The predicted octanol–water partition coefficient (Wildman–Crippen LogP) is 3.57. The molecular formula is C26H37Cl2N7O3S. The van der Waals surface area contributed by atoms with E-state index in [1.165, 1.54) is 10.4 Å². The number of carbonyl (C=O) groups excluding carboxylic acids is 2. The van der Waals surface area contributed by atoms with Crippen LogP contribution in [0, 0.1) is 13.8 Å². The quantitative estimate of drug-likeness (QED) is 0.323. The van der Waals surface area contributed by atoms with E-state index < -0.39 is 0 Å². The van der Waals surface area contributed by atoms with E-state index in [2.05, 4.69) is 46.1 Å². The van der Waals surface area contributed by atoms with Gasteiger partial charge in [-0.1, -0.05) is 31.1 Å². The minimum absolute atomic E-state index is 0. The molecular weight excluding hydrogens is 561 g/mol. The van der Waals surface area contributed by atoms with Gasteiger partial charge in [-0.2, -0.15) is 4.98 Å². The maximum Gasteiger partial charge on any atom is 0.256 e. The van der Waals surface area contributed by atoms with Gasteiger partial charge in [-0.3, -0.25) is 14.6 Å². The number of rotatable bonds is 11. The first-order chi connectivity index (χ1) is 17.7. The number of fused-ring (bicyclic) bond motifs is 1. The highest BCUT2D eigenvalue weighted by Crippen LogP contribution is 2.29. The minimum Gasteiger partial charge on any atom is -0.353 e. The summed E-state index contributed by atoms with van der Waals surface area (Å²) in [5, 5.41) is 16.1. The van der Waals surface area contributed by atoms with Crippen molar-refractivity contribution >= 4 is 53.7 Å². The molecule has 39 heavy (non-hydrogen) atoms. The Morgan fingerprint density at radius 2 is 1.90 bits per heavy atom. The van der Waals surface area contributed by atoms with E-state index >= 15 is 0 Å². The molecule has 0 atom stereocenters. The van der Waals surface area contributed by atoms with Crippen LogP contribution in [-0.2, 0) is 22.7 Å². The van der Waals surface area contributed by atoms with Crippen LogP contribution in [0.4, 0.5) is 5.69 Å². The summed E-state index contributed by atoms with van der Waals surface area (Å²) in [6, 6.07) is 8.22. The Kier molecular flexibility index (Phi) is 12.2. The van der Waals surface area contributed by atoms with E-state index in [1.807, 2.05) is 35.0 Å². The number of hydrogen-bond acceptors (Lipinski definition) is 9. The smallest absolute Gasteiger partial charge is 0.256 e. The Morgan fingerprint density at radius 1 is 1.13 bits per heavy atom. The number of hydrogen-bond donors (Lipinski definition) is 2. The summed E-state index contributed by atoms with van der Waals surface area (Å²) in [6.07, 6.45) is 0. The number of benzene rings is 1. The molecule has 0 bridgehead atoms. The monoisotopic (exact) mass is 597 g/mol. The third-order valence-electron chi connectivity index (χ3n) is 6.30. The van der Waals surface area contributed by atoms with Crippen LogP contribution >= 0.6 is 36.2 Å². The molecule has 0 unspecified atom stereocenters. The zero-order valence-electron chi connectivity index (χ0n) is 22.9. The van der Waals surface area contributed by atoms with Gasteiger partial charge in [0, 0.05) is 55.8 Å². The van der Waals surface area contributed by atoms with E-state index in [-0.39, 0.29) is 49.7 Å². The number of likely N-dealkylation sites (N-methyl/N-ethyl adjacent to an activating group) is 1. The van der Waals surface area contributed by atoms with Gasteiger partial charge >= 0.3 is 0 Å². The molecule has 1 aromatic carbocycles. The number of nitrogens with one attached hydrogen (secondary N) is 2. The van der Waals surface area contributed by atoms with Crippen LogP contribution in [0.5, 0.6) is 0 Å². The van der Waals surface area contributed by atoms with E-state index in [9.17, 15) is 9.59 Å². The Morgan fingerprint density at radius 3 is 2.56 bits per heavy atom. The molecule has 0 aliphatic carbocycles. The molecule has 3 heterocycles. The first-order valence-electron chi connectivity index (χ1n) is 12.4. The second-order valence-corrected chi connectivity index (χ2v) is 10.6. The van der Waals surface area contributed by atoms with Crippen molar-refractivity contribution in [2.24, 2.45) is 0 Å². The molecule has 2 N–H and O–H groups in total. The van der Waals surface area contributed by atoms with Crippen LogP contribution in [-0.4, -0.2) is 71.2 Å². The van der Waals surface area contributed by atoms with Gasteiger partial charge in [0.25, 0.3) is 5.91 Å². The number of amides is 2. The van der Waals surface area contributed by atoms with Crippen molar-refractivity contribution in [3.05, 3.63) is 51.5 Å². The summed E-state index contributed by atoms with van der Waals surface area (Å²) >= 11 is 1.71.